The molecule has 2 aromatic heterocycles. The highest BCUT2D eigenvalue weighted by Crippen LogP contribution is 2.27. The Kier molecular flexibility index (Phi) is 3.45. The molecule has 0 radical (unpaired) electrons. The number of nitrogen functional groups attached to an aromatic ring is 1. The van der Waals surface area contributed by atoms with Gasteiger partial charge in [-0.1, -0.05) is 0 Å². The lowest BCUT2D eigenvalue weighted by Gasteiger charge is -2.17. The number of aliphatic hydroxyl groups excluding tert-OH is 3. The Bertz CT molecular complexity index is 830. The largest absolute Gasteiger partial charge is 0.398 e. The monoisotopic (exact) mass is 310 g/mol. The number of fused-ring (bicyclic) bond motifs is 1. The molecule has 1 aliphatic rings. The second kappa shape index (κ2) is 5.18. The fourth-order valence-corrected chi connectivity index (χ4v) is 2.48. The predicted octanol–water partition coefficient (Wildman–Crippen LogP) is -2.72. The molecule has 1 aliphatic heterocycles. The number of rotatable bonds is 2. The van der Waals surface area contributed by atoms with E-state index < -0.39 is 42.3 Å². The van der Waals surface area contributed by atoms with Crippen molar-refractivity contribution < 1.29 is 20.1 Å². The fraction of sp³-hybridized carbons (Fsp3) is 0.417. The summed E-state index contributed by atoms with van der Waals surface area (Å²) in [4.78, 5) is 28.3. The molecule has 3 rings (SSSR count). The summed E-state index contributed by atoms with van der Waals surface area (Å²) in [5, 5.41) is 30.9. The zero-order chi connectivity index (χ0) is 16.0. The second-order valence-electron chi connectivity index (χ2n) is 4.97. The average molecular weight is 310 g/mol. The number of anilines is 1. The molecular formula is C12H14N4O6. The summed E-state index contributed by atoms with van der Waals surface area (Å²) in [6, 6.07) is 1.38. The van der Waals surface area contributed by atoms with Gasteiger partial charge in [0.15, 0.2) is 6.23 Å². The highest BCUT2D eigenvalue weighted by Gasteiger charge is 2.44. The molecule has 0 amide bonds. The number of nitrogens with zero attached hydrogens (tertiary/aromatic N) is 2. The van der Waals surface area contributed by atoms with Gasteiger partial charge in [-0.25, -0.2) is 9.67 Å². The van der Waals surface area contributed by atoms with Crippen molar-refractivity contribution in [3.05, 3.63) is 33.0 Å². The lowest BCUT2D eigenvalue weighted by molar-refractivity contribution is -0.0610. The summed E-state index contributed by atoms with van der Waals surface area (Å²) in [6.45, 7) is -0.549. The van der Waals surface area contributed by atoms with Crippen LogP contribution in [0, 0.1) is 0 Å². The molecule has 10 heteroatoms. The molecular weight excluding hydrogens is 296 g/mol. The van der Waals surface area contributed by atoms with Crippen LogP contribution in [0.1, 0.15) is 6.23 Å². The Morgan fingerprint density at radius 3 is 2.73 bits per heavy atom. The van der Waals surface area contributed by atoms with Crippen LogP contribution in [0.15, 0.2) is 21.9 Å². The average Bonchev–Trinajstić information content (AvgIpc) is 2.78. The van der Waals surface area contributed by atoms with E-state index in [1.807, 2.05) is 0 Å². The van der Waals surface area contributed by atoms with Gasteiger partial charge >= 0.3 is 0 Å². The molecule has 3 heterocycles. The number of nitrogens with one attached hydrogen (secondary N) is 1. The number of nitrogens with two attached hydrogens (primary N) is 1. The second-order valence-corrected chi connectivity index (χ2v) is 4.97. The Morgan fingerprint density at radius 2 is 2.09 bits per heavy atom. The third-order valence-electron chi connectivity index (χ3n) is 3.63. The molecule has 0 spiro atoms. The third-order valence-corrected chi connectivity index (χ3v) is 3.63. The molecule has 6 N–H and O–H groups in total. The van der Waals surface area contributed by atoms with Crippen molar-refractivity contribution in [2.24, 2.45) is 0 Å². The van der Waals surface area contributed by atoms with E-state index in [-0.39, 0.29) is 16.6 Å². The SMILES string of the molecule is Nc1ccnc2c(=O)n([C@@H]3O[C@H](CO)[C@@H](O)[C@H]3O)[nH]c(=O)c12. The van der Waals surface area contributed by atoms with Gasteiger partial charge in [-0.2, -0.15) is 0 Å². The molecule has 2 aromatic rings. The van der Waals surface area contributed by atoms with Gasteiger partial charge in [0.05, 0.1) is 12.0 Å². The van der Waals surface area contributed by atoms with Crippen LogP contribution in [-0.4, -0.2) is 55.0 Å². The molecule has 0 saturated carbocycles. The number of aromatic nitrogens is 3. The molecule has 10 nitrogen and oxygen atoms in total. The first-order chi connectivity index (χ1) is 10.5. The van der Waals surface area contributed by atoms with Crippen LogP contribution in [0.2, 0.25) is 0 Å². The van der Waals surface area contributed by atoms with E-state index in [4.69, 9.17) is 15.6 Å². The van der Waals surface area contributed by atoms with Gasteiger partial charge in [0.1, 0.15) is 23.8 Å². The minimum absolute atomic E-state index is 0.0597. The molecule has 22 heavy (non-hydrogen) atoms. The van der Waals surface area contributed by atoms with Crippen molar-refractivity contribution in [1.29, 1.82) is 0 Å². The standard InChI is InChI=1S/C12H14N4O6/c13-4-1-2-14-7-6(4)10(20)15-16(11(7)21)12-9(19)8(18)5(3-17)22-12/h1-2,5,8-9,12,17-19H,3H2,(H2,13,14)(H,15,20)/t5-,8-,9-,12-/m1/s1. The minimum atomic E-state index is -1.50. The van der Waals surface area contributed by atoms with E-state index in [1.54, 1.807) is 0 Å². The van der Waals surface area contributed by atoms with Crippen molar-refractivity contribution in [2.75, 3.05) is 12.3 Å². The van der Waals surface area contributed by atoms with Crippen molar-refractivity contribution in [3.8, 4) is 0 Å². The van der Waals surface area contributed by atoms with E-state index >= 15 is 0 Å². The van der Waals surface area contributed by atoms with Crippen LogP contribution >= 0.6 is 0 Å². The lowest BCUT2D eigenvalue weighted by Crippen LogP contribution is -2.39. The maximum Gasteiger partial charge on any atom is 0.294 e. The molecule has 0 bridgehead atoms. The van der Waals surface area contributed by atoms with Gasteiger partial charge in [0.25, 0.3) is 11.1 Å². The third kappa shape index (κ3) is 2.01. The zero-order valence-electron chi connectivity index (χ0n) is 11.2. The van der Waals surface area contributed by atoms with E-state index in [0.717, 1.165) is 4.68 Å². The first-order valence-electron chi connectivity index (χ1n) is 6.47. The summed E-state index contributed by atoms with van der Waals surface area (Å²) in [5.74, 6) is 0. The lowest BCUT2D eigenvalue weighted by atomic mass is 10.1. The fourth-order valence-electron chi connectivity index (χ4n) is 2.48. The van der Waals surface area contributed by atoms with Gasteiger partial charge < -0.3 is 25.8 Å². The highest BCUT2D eigenvalue weighted by atomic mass is 16.6. The molecule has 0 aliphatic carbocycles. The van der Waals surface area contributed by atoms with E-state index in [9.17, 15) is 19.8 Å². The van der Waals surface area contributed by atoms with Crippen molar-refractivity contribution in [1.82, 2.24) is 14.8 Å². The summed E-state index contributed by atoms with van der Waals surface area (Å²) in [6.07, 6.45) is -4.03. The van der Waals surface area contributed by atoms with Crippen LogP contribution in [0.4, 0.5) is 5.69 Å². The van der Waals surface area contributed by atoms with E-state index in [1.165, 1.54) is 12.3 Å². The van der Waals surface area contributed by atoms with Crippen LogP contribution in [-0.2, 0) is 4.74 Å². The maximum absolute atomic E-state index is 12.4. The maximum atomic E-state index is 12.4. The first-order valence-corrected chi connectivity index (χ1v) is 6.47. The number of hydrogen-bond acceptors (Lipinski definition) is 8. The first kappa shape index (κ1) is 14.7. The minimum Gasteiger partial charge on any atom is -0.398 e. The molecule has 118 valence electrons. The van der Waals surface area contributed by atoms with Crippen LogP contribution in [0.25, 0.3) is 10.9 Å². The summed E-state index contributed by atoms with van der Waals surface area (Å²) >= 11 is 0. The number of aromatic amines is 1. The number of aliphatic hydroxyl groups is 3. The summed E-state index contributed by atoms with van der Waals surface area (Å²) in [5.41, 5.74) is 4.15. The molecule has 0 aromatic carbocycles. The quantitative estimate of drug-likeness (QED) is 0.399. The molecule has 1 fully saturated rings. The summed E-state index contributed by atoms with van der Waals surface area (Å²) < 4.78 is 5.96. The van der Waals surface area contributed by atoms with Crippen molar-refractivity contribution >= 4 is 16.6 Å². The number of ether oxygens (including phenoxy) is 1. The Morgan fingerprint density at radius 1 is 1.36 bits per heavy atom. The zero-order valence-corrected chi connectivity index (χ0v) is 11.2. The van der Waals surface area contributed by atoms with Gasteiger partial charge in [-0.15, -0.1) is 0 Å². The number of hydrogen-bond donors (Lipinski definition) is 5. The van der Waals surface area contributed by atoms with E-state index in [2.05, 4.69) is 10.1 Å². The van der Waals surface area contributed by atoms with Crippen LogP contribution in [0.3, 0.4) is 0 Å². The van der Waals surface area contributed by atoms with Gasteiger partial charge in [-0.05, 0) is 6.07 Å². The van der Waals surface area contributed by atoms with Crippen LogP contribution in [0.5, 0.6) is 0 Å². The topological polar surface area (TPSA) is 164 Å². The van der Waals surface area contributed by atoms with Gasteiger partial charge in [-0.3, -0.25) is 14.7 Å². The van der Waals surface area contributed by atoms with Gasteiger partial charge in [0.2, 0.25) is 0 Å². The van der Waals surface area contributed by atoms with Crippen molar-refractivity contribution in [3.63, 3.8) is 0 Å². The molecule has 0 unspecified atom stereocenters. The normalized spacial score (nSPS) is 28.3. The smallest absolute Gasteiger partial charge is 0.294 e. The number of pyridine rings is 1. The Balaban J connectivity index is 2.20. The molecule has 1 saturated heterocycles. The molecule has 4 atom stereocenters. The Hall–Kier alpha value is -2.27. The van der Waals surface area contributed by atoms with Crippen LogP contribution < -0.4 is 16.9 Å². The van der Waals surface area contributed by atoms with Crippen molar-refractivity contribution in [2.45, 2.75) is 24.5 Å². The van der Waals surface area contributed by atoms with Gasteiger partial charge in [0, 0.05) is 11.9 Å². The summed E-state index contributed by atoms with van der Waals surface area (Å²) in [7, 11) is 0. The highest BCUT2D eigenvalue weighted by molar-refractivity contribution is 5.87. The Labute approximate surface area is 122 Å². The predicted molar refractivity (Wildman–Crippen MR) is 74.0 cm³/mol. The van der Waals surface area contributed by atoms with E-state index in [0.29, 0.717) is 0 Å². The number of H-pyrrole nitrogens is 1.